The summed E-state index contributed by atoms with van der Waals surface area (Å²) in [7, 11) is 1.66. The molecule has 0 atom stereocenters. The summed E-state index contributed by atoms with van der Waals surface area (Å²) in [6.07, 6.45) is 0. The number of methoxy groups -OCH3 is 1. The van der Waals surface area contributed by atoms with Crippen molar-refractivity contribution in [3.05, 3.63) is 66.2 Å². The van der Waals surface area contributed by atoms with Crippen molar-refractivity contribution in [3.63, 3.8) is 0 Å². The Morgan fingerprint density at radius 1 is 0.857 bits per heavy atom. The van der Waals surface area contributed by atoms with E-state index < -0.39 is 0 Å². The van der Waals surface area contributed by atoms with Gasteiger partial charge in [0.15, 0.2) is 0 Å². The molecular weight excluding hydrogens is 262 g/mol. The van der Waals surface area contributed by atoms with Gasteiger partial charge in [0, 0.05) is 16.5 Å². The molecule has 21 heavy (non-hydrogen) atoms. The number of benzene rings is 3. The molecular formula is C18H17NO2. The Kier molecular flexibility index (Phi) is 3.65. The topological polar surface area (TPSA) is 44.5 Å². The molecule has 0 fully saturated rings. The van der Waals surface area contributed by atoms with E-state index in [4.69, 9.17) is 15.2 Å². The lowest BCUT2D eigenvalue weighted by molar-refractivity contribution is 0.310. The monoisotopic (exact) mass is 279 g/mol. The summed E-state index contributed by atoms with van der Waals surface area (Å²) >= 11 is 0. The van der Waals surface area contributed by atoms with Gasteiger partial charge in [0.2, 0.25) is 0 Å². The first-order valence-corrected chi connectivity index (χ1v) is 6.81. The average molecular weight is 279 g/mol. The van der Waals surface area contributed by atoms with Crippen LogP contribution < -0.4 is 15.2 Å². The van der Waals surface area contributed by atoms with E-state index >= 15 is 0 Å². The Morgan fingerprint density at radius 3 is 2.33 bits per heavy atom. The van der Waals surface area contributed by atoms with E-state index in [2.05, 4.69) is 0 Å². The highest BCUT2D eigenvalue weighted by atomic mass is 16.5. The summed E-state index contributed by atoms with van der Waals surface area (Å²) in [5.41, 5.74) is 7.86. The Hall–Kier alpha value is -2.68. The first-order valence-electron chi connectivity index (χ1n) is 6.81. The van der Waals surface area contributed by atoms with Gasteiger partial charge in [-0.15, -0.1) is 0 Å². The summed E-state index contributed by atoms with van der Waals surface area (Å²) in [6.45, 7) is 0.512. The number of rotatable bonds is 4. The third kappa shape index (κ3) is 2.77. The summed E-state index contributed by atoms with van der Waals surface area (Å²) in [5.74, 6) is 1.69. The summed E-state index contributed by atoms with van der Waals surface area (Å²) in [5, 5.41) is 2.05. The van der Waals surface area contributed by atoms with Gasteiger partial charge in [-0.05, 0) is 29.8 Å². The minimum atomic E-state index is 0.512. The van der Waals surface area contributed by atoms with Gasteiger partial charge < -0.3 is 15.2 Å². The maximum absolute atomic E-state index is 5.99. The van der Waals surface area contributed by atoms with E-state index in [0.717, 1.165) is 33.5 Å². The number of anilines is 1. The molecule has 0 saturated carbocycles. The zero-order valence-electron chi connectivity index (χ0n) is 11.9. The Balaban J connectivity index is 1.83. The van der Waals surface area contributed by atoms with Gasteiger partial charge in [0.25, 0.3) is 0 Å². The van der Waals surface area contributed by atoms with Crippen LogP contribution in [0.2, 0.25) is 0 Å². The Morgan fingerprint density at radius 2 is 1.57 bits per heavy atom. The summed E-state index contributed by atoms with van der Waals surface area (Å²) in [6, 6.07) is 19.6. The summed E-state index contributed by atoms with van der Waals surface area (Å²) in [4.78, 5) is 0. The largest absolute Gasteiger partial charge is 0.497 e. The SMILES string of the molecule is COc1ccc(COc2cccc3c(N)cccc23)cc1. The molecule has 0 amide bonds. The summed E-state index contributed by atoms with van der Waals surface area (Å²) < 4.78 is 11.1. The minimum Gasteiger partial charge on any atom is -0.497 e. The number of ether oxygens (including phenoxy) is 2. The maximum atomic E-state index is 5.99. The van der Waals surface area contributed by atoms with Crippen molar-refractivity contribution in [1.29, 1.82) is 0 Å². The van der Waals surface area contributed by atoms with E-state index in [-0.39, 0.29) is 0 Å². The molecule has 106 valence electrons. The third-order valence-electron chi connectivity index (χ3n) is 3.47. The second-order valence-corrected chi connectivity index (χ2v) is 4.84. The van der Waals surface area contributed by atoms with Gasteiger partial charge in [-0.25, -0.2) is 0 Å². The van der Waals surface area contributed by atoms with Gasteiger partial charge in [0.1, 0.15) is 18.1 Å². The van der Waals surface area contributed by atoms with Crippen molar-refractivity contribution in [2.75, 3.05) is 12.8 Å². The van der Waals surface area contributed by atoms with Crippen LogP contribution in [0.25, 0.3) is 10.8 Å². The van der Waals surface area contributed by atoms with Gasteiger partial charge in [-0.1, -0.05) is 36.4 Å². The van der Waals surface area contributed by atoms with Crippen LogP contribution in [0.4, 0.5) is 5.69 Å². The van der Waals surface area contributed by atoms with Gasteiger partial charge in [-0.3, -0.25) is 0 Å². The second kappa shape index (κ2) is 5.75. The fourth-order valence-electron chi connectivity index (χ4n) is 2.31. The van der Waals surface area contributed by atoms with Crippen molar-refractivity contribution in [2.45, 2.75) is 6.61 Å². The van der Waals surface area contributed by atoms with Crippen LogP contribution in [0.3, 0.4) is 0 Å². The highest BCUT2D eigenvalue weighted by molar-refractivity contribution is 5.96. The smallest absolute Gasteiger partial charge is 0.127 e. The van der Waals surface area contributed by atoms with E-state index in [9.17, 15) is 0 Å². The van der Waals surface area contributed by atoms with Gasteiger partial charge >= 0.3 is 0 Å². The van der Waals surface area contributed by atoms with Crippen molar-refractivity contribution < 1.29 is 9.47 Å². The lowest BCUT2D eigenvalue weighted by Crippen LogP contribution is -1.97. The van der Waals surface area contributed by atoms with Crippen molar-refractivity contribution in [1.82, 2.24) is 0 Å². The lowest BCUT2D eigenvalue weighted by Gasteiger charge is -2.11. The second-order valence-electron chi connectivity index (χ2n) is 4.84. The molecule has 3 aromatic rings. The number of hydrogen-bond donors (Lipinski definition) is 1. The standard InChI is InChI=1S/C18H17NO2/c1-20-14-10-8-13(9-11-14)12-21-18-7-3-4-15-16(18)5-2-6-17(15)19/h2-11H,12,19H2,1H3. The lowest BCUT2D eigenvalue weighted by atomic mass is 10.1. The average Bonchev–Trinajstić information content (AvgIpc) is 2.54. The predicted octanol–water partition coefficient (Wildman–Crippen LogP) is 4.01. The van der Waals surface area contributed by atoms with E-state index in [1.165, 1.54) is 0 Å². The van der Waals surface area contributed by atoms with Gasteiger partial charge in [-0.2, -0.15) is 0 Å². The first kappa shape index (κ1) is 13.3. The van der Waals surface area contributed by atoms with E-state index in [1.807, 2.05) is 60.7 Å². The molecule has 0 bridgehead atoms. The van der Waals surface area contributed by atoms with Crippen LogP contribution in [0.1, 0.15) is 5.56 Å². The molecule has 0 aliphatic carbocycles. The number of nitrogens with two attached hydrogens (primary N) is 1. The van der Waals surface area contributed by atoms with Crippen LogP contribution in [0.15, 0.2) is 60.7 Å². The molecule has 2 N–H and O–H groups in total. The van der Waals surface area contributed by atoms with Gasteiger partial charge in [0.05, 0.1) is 7.11 Å². The van der Waals surface area contributed by atoms with Crippen LogP contribution in [-0.2, 0) is 6.61 Å². The molecule has 0 unspecified atom stereocenters. The van der Waals surface area contributed by atoms with Crippen LogP contribution in [0, 0.1) is 0 Å². The molecule has 0 aliphatic rings. The van der Waals surface area contributed by atoms with Crippen molar-refractivity contribution in [3.8, 4) is 11.5 Å². The van der Waals surface area contributed by atoms with Crippen LogP contribution >= 0.6 is 0 Å². The molecule has 3 heteroatoms. The molecule has 0 saturated heterocycles. The first-order chi connectivity index (χ1) is 10.3. The predicted molar refractivity (Wildman–Crippen MR) is 85.7 cm³/mol. The Labute approximate surface area is 123 Å². The molecule has 0 spiro atoms. The van der Waals surface area contributed by atoms with Crippen LogP contribution in [0.5, 0.6) is 11.5 Å². The quantitative estimate of drug-likeness (QED) is 0.734. The molecule has 0 aliphatic heterocycles. The number of fused-ring (bicyclic) bond motifs is 1. The zero-order valence-corrected chi connectivity index (χ0v) is 11.9. The van der Waals surface area contributed by atoms with Crippen LogP contribution in [-0.4, -0.2) is 7.11 Å². The maximum Gasteiger partial charge on any atom is 0.127 e. The zero-order chi connectivity index (χ0) is 14.7. The highest BCUT2D eigenvalue weighted by Gasteiger charge is 2.04. The third-order valence-corrected chi connectivity index (χ3v) is 3.47. The molecule has 3 aromatic carbocycles. The van der Waals surface area contributed by atoms with Crippen molar-refractivity contribution >= 4 is 16.5 Å². The minimum absolute atomic E-state index is 0.512. The molecule has 0 aromatic heterocycles. The van der Waals surface area contributed by atoms with E-state index in [1.54, 1.807) is 7.11 Å². The fraction of sp³-hybridized carbons (Fsp3) is 0.111. The number of nitrogen functional groups attached to an aromatic ring is 1. The Bertz CT molecular complexity index is 751. The molecule has 3 nitrogen and oxygen atoms in total. The number of hydrogen-bond acceptors (Lipinski definition) is 3. The molecule has 3 rings (SSSR count). The molecule has 0 radical (unpaired) electrons. The highest BCUT2D eigenvalue weighted by Crippen LogP contribution is 2.29. The van der Waals surface area contributed by atoms with E-state index in [0.29, 0.717) is 6.61 Å². The normalized spacial score (nSPS) is 10.5. The fourth-order valence-corrected chi connectivity index (χ4v) is 2.31. The molecule has 0 heterocycles. The van der Waals surface area contributed by atoms with Crippen molar-refractivity contribution in [2.24, 2.45) is 0 Å².